The minimum atomic E-state index is -4.00. The molecule has 0 saturated carbocycles. The van der Waals surface area contributed by atoms with Gasteiger partial charge in [0.2, 0.25) is 0 Å². The summed E-state index contributed by atoms with van der Waals surface area (Å²) in [5.41, 5.74) is 5.37. The van der Waals surface area contributed by atoms with Crippen LogP contribution in [0.1, 0.15) is 23.6 Å². The molecule has 1 amide bonds. The number of rotatable bonds is 12. The molecule has 0 radical (unpaired) electrons. The van der Waals surface area contributed by atoms with E-state index in [0.717, 1.165) is 15.4 Å². The Kier molecular flexibility index (Phi) is 10.00. The van der Waals surface area contributed by atoms with Crippen molar-refractivity contribution < 1.29 is 22.7 Å². The summed E-state index contributed by atoms with van der Waals surface area (Å²) in [4.78, 5) is 12.9. The van der Waals surface area contributed by atoms with Crippen LogP contribution in [-0.4, -0.2) is 33.7 Å². The molecule has 4 aromatic carbocycles. The van der Waals surface area contributed by atoms with E-state index >= 15 is 0 Å². The summed E-state index contributed by atoms with van der Waals surface area (Å²) >= 11 is 5.95. The molecule has 10 heteroatoms. The average molecular weight is 592 g/mol. The van der Waals surface area contributed by atoms with Gasteiger partial charge in [-0.3, -0.25) is 9.10 Å². The third-order valence-corrected chi connectivity index (χ3v) is 7.96. The van der Waals surface area contributed by atoms with Crippen molar-refractivity contribution in [2.45, 2.75) is 25.3 Å². The molecule has 0 aliphatic carbocycles. The Morgan fingerprint density at radius 2 is 1.63 bits per heavy atom. The van der Waals surface area contributed by atoms with Crippen molar-refractivity contribution in [1.29, 1.82) is 0 Å². The minimum absolute atomic E-state index is 0.0821. The van der Waals surface area contributed by atoms with Crippen molar-refractivity contribution in [3.8, 4) is 11.5 Å². The van der Waals surface area contributed by atoms with Gasteiger partial charge >= 0.3 is 0 Å². The molecule has 4 rings (SSSR count). The van der Waals surface area contributed by atoms with Crippen LogP contribution in [0.25, 0.3) is 0 Å². The summed E-state index contributed by atoms with van der Waals surface area (Å²) in [6, 6.07) is 27.5. The zero-order valence-corrected chi connectivity index (χ0v) is 24.2. The number of hydrogen-bond donors (Lipinski definition) is 1. The van der Waals surface area contributed by atoms with Crippen molar-refractivity contribution in [2.75, 3.05) is 17.5 Å². The highest BCUT2D eigenvalue weighted by Crippen LogP contribution is 2.29. The third kappa shape index (κ3) is 8.09. The Labute approximate surface area is 245 Å². The van der Waals surface area contributed by atoms with Crippen molar-refractivity contribution >= 4 is 39.4 Å². The fourth-order valence-electron chi connectivity index (χ4n) is 3.82. The van der Waals surface area contributed by atoms with Gasteiger partial charge in [-0.1, -0.05) is 59.6 Å². The van der Waals surface area contributed by atoms with Crippen LogP contribution in [0.4, 0.5) is 5.69 Å². The molecule has 0 bridgehead atoms. The summed E-state index contributed by atoms with van der Waals surface area (Å²) in [5, 5.41) is 4.69. The molecular formula is C31H30ClN3O5S. The highest BCUT2D eigenvalue weighted by Gasteiger charge is 2.27. The van der Waals surface area contributed by atoms with Crippen LogP contribution in [0, 0.1) is 6.92 Å². The fourth-order valence-corrected chi connectivity index (χ4v) is 5.39. The summed E-state index contributed by atoms with van der Waals surface area (Å²) in [7, 11) is -4.00. The van der Waals surface area contributed by atoms with Crippen molar-refractivity contribution in [1.82, 2.24) is 5.43 Å². The zero-order valence-electron chi connectivity index (χ0n) is 22.7. The molecule has 0 aliphatic heterocycles. The number of anilines is 1. The number of benzene rings is 4. The van der Waals surface area contributed by atoms with E-state index in [1.165, 1.54) is 18.3 Å². The molecule has 0 fully saturated rings. The molecule has 0 saturated heterocycles. The Balaban J connectivity index is 1.45. The molecule has 0 heterocycles. The van der Waals surface area contributed by atoms with Gasteiger partial charge < -0.3 is 9.47 Å². The van der Waals surface area contributed by atoms with E-state index < -0.39 is 22.5 Å². The highest BCUT2D eigenvalue weighted by molar-refractivity contribution is 7.92. The maximum atomic E-state index is 13.4. The summed E-state index contributed by atoms with van der Waals surface area (Å²) in [5.74, 6) is 0.480. The van der Waals surface area contributed by atoms with Gasteiger partial charge in [0.05, 0.1) is 23.4 Å². The molecule has 8 nitrogen and oxygen atoms in total. The number of hydrazone groups is 1. The quantitative estimate of drug-likeness (QED) is 0.162. The van der Waals surface area contributed by atoms with Crippen LogP contribution < -0.4 is 19.2 Å². The highest BCUT2D eigenvalue weighted by atomic mass is 35.5. The number of aryl methyl sites for hydroxylation is 1. The van der Waals surface area contributed by atoms with Gasteiger partial charge in [0, 0.05) is 5.02 Å². The number of ether oxygens (including phenoxy) is 2. The molecule has 0 spiro atoms. The summed E-state index contributed by atoms with van der Waals surface area (Å²) in [6.07, 6.45) is 1.45. The first-order valence-electron chi connectivity index (χ1n) is 12.9. The molecule has 4 aromatic rings. The number of carbonyl (C=O) groups is 1. The summed E-state index contributed by atoms with van der Waals surface area (Å²) < 4.78 is 39.6. The lowest BCUT2D eigenvalue weighted by atomic mass is 10.2. The molecule has 0 unspecified atom stereocenters. The van der Waals surface area contributed by atoms with Gasteiger partial charge in [-0.25, -0.2) is 13.8 Å². The number of halogens is 1. The van der Waals surface area contributed by atoms with Crippen LogP contribution in [0.2, 0.25) is 5.02 Å². The largest absolute Gasteiger partial charge is 0.490 e. The number of sulfonamides is 1. The monoisotopic (exact) mass is 591 g/mol. The maximum Gasteiger partial charge on any atom is 0.264 e. The number of carbonyl (C=O) groups excluding carboxylic acids is 1. The van der Waals surface area contributed by atoms with Crippen LogP contribution in [0.15, 0.2) is 107 Å². The van der Waals surface area contributed by atoms with E-state index in [-0.39, 0.29) is 4.90 Å². The number of amides is 1. The lowest BCUT2D eigenvalue weighted by Gasteiger charge is -2.23. The van der Waals surface area contributed by atoms with Crippen molar-refractivity contribution in [2.24, 2.45) is 5.10 Å². The molecule has 0 aliphatic rings. The van der Waals surface area contributed by atoms with E-state index in [4.69, 9.17) is 21.1 Å². The molecule has 41 heavy (non-hydrogen) atoms. The number of nitrogens with zero attached hydrogens (tertiary/aromatic N) is 2. The van der Waals surface area contributed by atoms with Crippen molar-refractivity contribution in [3.05, 3.63) is 119 Å². The second-order valence-electron chi connectivity index (χ2n) is 9.01. The normalized spacial score (nSPS) is 11.3. The second-order valence-corrected chi connectivity index (χ2v) is 11.3. The van der Waals surface area contributed by atoms with Crippen molar-refractivity contribution in [3.63, 3.8) is 0 Å². The van der Waals surface area contributed by atoms with E-state index in [1.807, 2.05) is 26.0 Å². The SMILES string of the molecule is CCOc1cc(/C=N\NC(=O)CN(c2ccc(C)cc2)S(=O)(=O)c2ccccc2)ccc1OCc1ccc(Cl)cc1. The lowest BCUT2D eigenvalue weighted by Crippen LogP contribution is -2.39. The third-order valence-electron chi connectivity index (χ3n) is 5.92. The Morgan fingerprint density at radius 3 is 2.32 bits per heavy atom. The molecule has 1 N–H and O–H groups in total. The standard InChI is InChI=1S/C31H30ClN3O5S/c1-3-39-30-19-25(13-18-29(30)40-22-24-11-14-26(32)15-12-24)20-33-34-31(36)21-35(27-16-9-23(2)10-17-27)41(37,38)28-7-5-4-6-8-28/h4-20H,3,21-22H2,1-2H3,(H,34,36)/b33-20-. The Hall–Kier alpha value is -4.34. The van der Waals surface area contributed by atoms with Crippen LogP contribution in [-0.2, 0) is 21.4 Å². The van der Waals surface area contributed by atoms with Gasteiger partial charge in [-0.05, 0) is 79.6 Å². The van der Waals surface area contributed by atoms with E-state index in [2.05, 4.69) is 10.5 Å². The van der Waals surface area contributed by atoms with Crippen LogP contribution in [0.3, 0.4) is 0 Å². The van der Waals surface area contributed by atoms with E-state index in [9.17, 15) is 13.2 Å². The molecule has 212 valence electrons. The number of nitrogens with one attached hydrogen (secondary N) is 1. The van der Waals surface area contributed by atoms with Gasteiger partial charge in [0.25, 0.3) is 15.9 Å². The molecular weight excluding hydrogens is 562 g/mol. The van der Waals surface area contributed by atoms with Gasteiger partial charge in [-0.2, -0.15) is 5.10 Å². The van der Waals surface area contributed by atoms with Gasteiger partial charge in [0.1, 0.15) is 13.2 Å². The smallest absolute Gasteiger partial charge is 0.264 e. The Morgan fingerprint density at radius 1 is 0.927 bits per heavy atom. The maximum absolute atomic E-state index is 13.4. The molecule has 0 aromatic heterocycles. The fraction of sp³-hybridized carbons (Fsp3) is 0.161. The minimum Gasteiger partial charge on any atom is -0.490 e. The lowest BCUT2D eigenvalue weighted by molar-refractivity contribution is -0.119. The molecule has 0 atom stereocenters. The summed E-state index contributed by atoms with van der Waals surface area (Å²) in [6.45, 7) is 4.08. The predicted molar refractivity (Wildman–Crippen MR) is 161 cm³/mol. The number of hydrogen-bond acceptors (Lipinski definition) is 6. The van der Waals surface area contributed by atoms with E-state index in [0.29, 0.717) is 41.0 Å². The van der Waals surface area contributed by atoms with Crippen LogP contribution >= 0.6 is 11.6 Å². The average Bonchev–Trinajstić information content (AvgIpc) is 2.97. The Bertz CT molecular complexity index is 1590. The first kappa shape index (κ1) is 29.6. The van der Waals surface area contributed by atoms with Gasteiger partial charge in [-0.15, -0.1) is 0 Å². The topological polar surface area (TPSA) is 97.3 Å². The predicted octanol–water partition coefficient (Wildman–Crippen LogP) is 5.97. The second kappa shape index (κ2) is 13.8. The first-order chi connectivity index (χ1) is 19.8. The van der Waals surface area contributed by atoms with Crippen LogP contribution in [0.5, 0.6) is 11.5 Å². The zero-order chi connectivity index (χ0) is 29.2. The van der Waals surface area contributed by atoms with Gasteiger partial charge in [0.15, 0.2) is 11.5 Å². The van der Waals surface area contributed by atoms with E-state index in [1.54, 1.807) is 72.8 Å². The first-order valence-corrected chi connectivity index (χ1v) is 14.7.